The molecule has 2 aromatic heterocycles. The average Bonchev–Trinajstić information content (AvgIpc) is 3.00. The molecule has 0 saturated carbocycles. The fraction of sp³-hybridized carbons (Fsp3) is 0.375. The van der Waals surface area contributed by atoms with E-state index in [1.54, 1.807) is 23.2 Å². The molecule has 0 radical (unpaired) electrons. The predicted octanol–water partition coefficient (Wildman–Crippen LogP) is 1.29. The SMILES string of the molecule is CC(=O)Nc1cc(C(=O)N2CCOCC2c2ncc(C)[nH]2)ccn1. The van der Waals surface area contributed by atoms with Crippen molar-refractivity contribution in [3.05, 3.63) is 41.6 Å². The van der Waals surface area contributed by atoms with Gasteiger partial charge < -0.3 is 19.9 Å². The van der Waals surface area contributed by atoms with E-state index in [0.29, 0.717) is 37.0 Å². The Labute approximate surface area is 139 Å². The second-order valence-corrected chi connectivity index (χ2v) is 5.65. The molecule has 0 aromatic carbocycles. The summed E-state index contributed by atoms with van der Waals surface area (Å²) in [5.74, 6) is 0.678. The van der Waals surface area contributed by atoms with E-state index in [1.807, 2.05) is 6.92 Å². The zero-order chi connectivity index (χ0) is 17.1. The molecule has 126 valence electrons. The van der Waals surface area contributed by atoms with Crippen LogP contribution in [0.3, 0.4) is 0 Å². The lowest BCUT2D eigenvalue weighted by atomic mass is 10.1. The average molecular weight is 329 g/mol. The van der Waals surface area contributed by atoms with E-state index in [-0.39, 0.29) is 17.9 Å². The van der Waals surface area contributed by atoms with Crippen molar-refractivity contribution in [2.75, 3.05) is 25.1 Å². The molecule has 0 bridgehead atoms. The number of carbonyl (C=O) groups excluding carboxylic acids is 2. The van der Waals surface area contributed by atoms with Crippen molar-refractivity contribution in [3.8, 4) is 0 Å². The van der Waals surface area contributed by atoms with Crippen LogP contribution in [0.5, 0.6) is 0 Å². The lowest BCUT2D eigenvalue weighted by Gasteiger charge is -2.34. The van der Waals surface area contributed by atoms with Gasteiger partial charge in [0.25, 0.3) is 5.91 Å². The van der Waals surface area contributed by atoms with E-state index in [4.69, 9.17) is 4.74 Å². The maximum absolute atomic E-state index is 12.9. The van der Waals surface area contributed by atoms with Gasteiger partial charge in [0, 0.05) is 37.1 Å². The van der Waals surface area contributed by atoms with Crippen LogP contribution >= 0.6 is 0 Å². The van der Waals surface area contributed by atoms with E-state index in [9.17, 15) is 9.59 Å². The fourth-order valence-electron chi connectivity index (χ4n) is 2.65. The van der Waals surface area contributed by atoms with Gasteiger partial charge in [0.2, 0.25) is 5.91 Å². The molecule has 2 N–H and O–H groups in total. The quantitative estimate of drug-likeness (QED) is 0.883. The van der Waals surface area contributed by atoms with Crippen molar-refractivity contribution in [2.24, 2.45) is 0 Å². The number of pyridine rings is 1. The molecule has 1 fully saturated rings. The normalized spacial score (nSPS) is 17.6. The third-order valence-corrected chi connectivity index (χ3v) is 3.74. The highest BCUT2D eigenvalue weighted by Gasteiger charge is 2.31. The van der Waals surface area contributed by atoms with Crippen LogP contribution in [0.25, 0.3) is 0 Å². The van der Waals surface area contributed by atoms with Gasteiger partial charge in [-0.25, -0.2) is 9.97 Å². The summed E-state index contributed by atoms with van der Waals surface area (Å²) in [7, 11) is 0. The minimum absolute atomic E-state index is 0.147. The number of aromatic nitrogens is 3. The van der Waals surface area contributed by atoms with Gasteiger partial charge in [-0.3, -0.25) is 9.59 Å². The Morgan fingerprint density at radius 1 is 1.42 bits per heavy atom. The monoisotopic (exact) mass is 329 g/mol. The predicted molar refractivity (Wildman–Crippen MR) is 86.5 cm³/mol. The number of aryl methyl sites for hydroxylation is 1. The second kappa shape index (κ2) is 6.79. The van der Waals surface area contributed by atoms with Crippen molar-refractivity contribution >= 4 is 17.6 Å². The molecule has 0 aliphatic carbocycles. The third-order valence-electron chi connectivity index (χ3n) is 3.74. The number of anilines is 1. The zero-order valence-corrected chi connectivity index (χ0v) is 13.6. The first-order chi connectivity index (χ1) is 11.5. The number of morpholine rings is 1. The Morgan fingerprint density at radius 3 is 2.96 bits per heavy atom. The summed E-state index contributed by atoms with van der Waals surface area (Å²) in [4.78, 5) is 37.3. The Balaban J connectivity index is 1.85. The molecule has 1 aliphatic heterocycles. The number of nitrogens with zero attached hydrogens (tertiary/aromatic N) is 3. The van der Waals surface area contributed by atoms with Gasteiger partial charge in [0.15, 0.2) is 0 Å². The second-order valence-electron chi connectivity index (χ2n) is 5.65. The minimum atomic E-state index is -0.266. The summed E-state index contributed by atoms with van der Waals surface area (Å²) < 4.78 is 5.52. The number of nitrogens with one attached hydrogen (secondary N) is 2. The lowest BCUT2D eigenvalue weighted by Crippen LogP contribution is -2.43. The summed E-state index contributed by atoms with van der Waals surface area (Å²) in [6.45, 7) is 4.65. The smallest absolute Gasteiger partial charge is 0.254 e. The number of carbonyl (C=O) groups is 2. The van der Waals surface area contributed by atoms with Crippen LogP contribution in [0.1, 0.15) is 34.8 Å². The van der Waals surface area contributed by atoms with Crippen molar-refractivity contribution in [1.82, 2.24) is 19.9 Å². The summed E-state index contributed by atoms with van der Waals surface area (Å²) in [6, 6.07) is 2.94. The van der Waals surface area contributed by atoms with E-state index in [2.05, 4.69) is 20.3 Å². The van der Waals surface area contributed by atoms with E-state index in [1.165, 1.54) is 13.1 Å². The maximum Gasteiger partial charge on any atom is 0.254 e. The van der Waals surface area contributed by atoms with Gasteiger partial charge in [-0.1, -0.05) is 0 Å². The molecule has 24 heavy (non-hydrogen) atoms. The zero-order valence-electron chi connectivity index (χ0n) is 13.6. The summed E-state index contributed by atoms with van der Waals surface area (Å²) in [5.41, 5.74) is 1.39. The number of rotatable bonds is 3. The first kappa shape index (κ1) is 16.1. The van der Waals surface area contributed by atoms with E-state index < -0.39 is 0 Å². The molecule has 0 spiro atoms. The van der Waals surface area contributed by atoms with Gasteiger partial charge in [-0.2, -0.15) is 0 Å². The van der Waals surface area contributed by atoms with Crippen molar-refractivity contribution in [2.45, 2.75) is 19.9 Å². The molecule has 2 aromatic rings. The molecule has 1 aliphatic rings. The Hall–Kier alpha value is -2.74. The number of ether oxygens (including phenoxy) is 1. The largest absolute Gasteiger partial charge is 0.377 e. The van der Waals surface area contributed by atoms with Gasteiger partial charge in [0.1, 0.15) is 17.7 Å². The molecule has 1 atom stereocenters. The summed E-state index contributed by atoms with van der Waals surface area (Å²) in [6.07, 6.45) is 3.24. The van der Waals surface area contributed by atoms with Crippen LogP contribution in [0.15, 0.2) is 24.5 Å². The summed E-state index contributed by atoms with van der Waals surface area (Å²) in [5, 5.41) is 2.59. The fourth-order valence-corrected chi connectivity index (χ4v) is 2.65. The molecule has 1 saturated heterocycles. The lowest BCUT2D eigenvalue weighted by molar-refractivity contribution is -0.114. The number of H-pyrrole nitrogens is 1. The molecule has 3 rings (SSSR count). The molecular weight excluding hydrogens is 310 g/mol. The highest BCUT2D eigenvalue weighted by atomic mass is 16.5. The Kier molecular flexibility index (Phi) is 4.57. The van der Waals surface area contributed by atoms with E-state index in [0.717, 1.165) is 5.69 Å². The third kappa shape index (κ3) is 3.43. The van der Waals surface area contributed by atoms with E-state index >= 15 is 0 Å². The number of hydrogen-bond acceptors (Lipinski definition) is 5. The molecule has 8 heteroatoms. The Bertz CT molecular complexity index is 758. The molecule has 2 amide bonds. The van der Waals surface area contributed by atoms with Crippen LogP contribution < -0.4 is 5.32 Å². The van der Waals surface area contributed by atoms with Crippen molar-refractivity contribution < 1.29 is 14.3 Å². The topological polar surface area (TPSA) is 100 Å². The van der Waals surface area contributed by atoms with Crippen molar-refractivity contribution in [1.29, 1.82) is 0 Å². The molecule has 8 nitrogen and oxygen atoms in total. The standard InChI is InChI=1S/C16H19N5O3/c1-10-8-18-15(19-10)13-9-24-6-5-21(13)16(23)12-3-4-17-14(7-12)20-11(2)22/h3-4,7-8,13H,5-6,9H2,1-2H3,(H,18,19)(H,17,20,22). The van der Waals surface area contributed by atoms with Crippen LogP contribution in [0.4, 0.5) is 5.82 Å². The van der Waals surface area contributed by atoms with Crippen LogP contribution in [-0.4, -0.2) is 51.4 Å². The van der Waals surface area contributed by atoms with Gasteiger partial charge in [0.05, 0.1) is 13.2 Å². The highest BCUT2D eigenvalue weighted by molar-refractivity contribution is 5.96. The van der Waals surface area contributed by atoms with Crippen LogP contribution in [0, 0.1) is 6.92 Å². The number of imidazole rings is 1. The maximum atomic E-state index is 12.9. The summed E-state index contributed by atoms with van der Waals surface area (Å²) >= 11 is 0. The number of aromatic amines is 1. The molecule has 1 unspecified atom stereocenters. The Morgan fingerprint density at radius 2 is 2.25 bits per heavy atom. The minimum Gasteiger partial charge on any atom is -0.377 e. The first-order valence-electron chi connectivity index (χ1n) is 7.68. The van der Waals surface area contributed by atoms with Crippen LogP contribution in [-0.2, 0) is 9.53 Å². The van der Waals surface area contributed by atoms with Crippen LogP contribution in [0.2, 0.25) is 0 Å². The van der Waals surface area contributed by atoms with Gasteiger partial charge in [-0.05, 0) is 19.1 Å². The molecular formula is C16H19N5O3. The first-order valence-corrected chi connectivity index (χ1v) is 7.68. The highest BCUT2D eigenvalue weighted by Crippen LogP contribution is 2.24. The number of hydrogen-bond donors (Lipinski definition) is 2. The number of amides is 2. The van der Waals surface area contributed by atoms with Gasteiger partial charge >= 0.3 is 0 Å². The van der Waals surface area contributed by atoms with Gasteiger partial charge in [-0.15, -0.1) is 0 Å². The molecule has 3 heterocycles. The van der Waals surface area contributed by atoms with Crippen molar-refractivity contribution in [3.63, 3.8) is 0 Å².